The van der Waals surface area contributed by atoms with E-state index >= 15 is 0 Å². The first-order valence-corrected chi connectivity index (χ1v) is 6.86. The number of fused-ring (bicyclic) bond motifs is 1. The number of H-pyrrole nitrogens is 1. The molecule has 0 atom stereocenters. The Morgan fingerprint density at radius 3 is 2.86 bits per heavy atom. The molecule has 0 saturated carbocycles. The molecule has 7 heteroatoms. The molecule has 2 aromatic heterocycles. The second-order valence-electron chi connectivity index (χ2n) is 4.86. The van der Waals surface area contributed by atoms with E-state index in [1.807, 2.05) is 25.1 Å². The maximum Gasteiger partial charge on any atom is 0.274 e. The molecule has 0 aliphatic carbocycles. The van der Waals surface area contributed by atoms with Crippen molar-refractivity contribution >= 4 is 23.1 Å². The minimum absolute atomic E-state index is 0.172. The Morgan fingerprint density at radius 1 is 1.29 bits per heavy atom. The van der Waals surface area contributed by atoms with Gasteiger partial charge in [0.15, 0.2) is 0 Å². The molecule has 0 spiro atoms. The highest BCUT2D eigenvalue weighted by molar-refractivity contribution is 6.31. The Labute approximate surface area is 125 Å². The van der Waals surface area contributed by atoms with Crippen molar-refractivity contribution < 1.29 is 0 Å². The van der Waals surface area contributed by atoms with Crippen LogP contribution in [0.5, 0.6) is 0 Å². The number of rotatable bonds is 3. The van der Waals surface area contributed by atoms with Crippen molar-refractivity contribution in [2.75, 3.05) is 5.32 Å². The SMILES string of the molecule is Cc1cc(=O)n2[nH]c(CNc3ccc(C)c(Cl)c3)nc2n1. The van der Waals surface area contributed by atoms with E-state index < -0.39 is 0 Å². The molecule has 0 aliphatic rings. The molecule has 6 nitrogen and oxygen atoms in total. The lowest BCUT2D eigenvalue weighted by Crippen LogP contribution is -2.14. The van der Waals surface area contributed by atoms with Gasteiger partial charge in [-0.1, -0.05) is 17.7 Å². The largest absolute Gasteiger partial charge is 0.378 e. The fraction of sp³-hybridized carbons (Fsp3) is 0.214. The number of hydrogen-bond acceptors (Lipinski definition) is 4. The van der Waals surface area contributed by atoms with Gasteiger partial charge < -0.3 is 5.32 Å². The van der Waals surface area contributed by atoms with Crippen LogP contribution in [0, 0.1) is 13.8 Å². The van der Waals surface area contributed by atoms with Gasteiger partial charge in [0.2, 0.25) is 0 Å². The summed E-state index contributed by atoms with van der Waals surface area (Å²) in [4.78, 5) is 20.3. The van der Waals surface area contributed by atoms with E-state index in [1.54, 1.807) is 6.92 Å². The number of aryl methyl sites for hydroxylation is 2. The third-order valence-electron chi connectivity index (χ3n) is 3.14. The first-order valence-electron chi connectivity index (χ1n) is 6.48. The number of nitrogens with zero attached hydrogens (tertiary/aromatic N) is 3. The van der Waals surface area contributed by atoms with Crippen LogP contribution in [-0.2, 0) is 6.54 Å². The molecule has 0 amide bonds. The van der Waals surface area contributed by atoms with Crippen LogP contribution < -0.4 is 10.9 Å². The van der Waals surface area contributed by atoms with Gasteiger partial charge in [-0.2, -0.15) is 9.50 Å². The highest BCUT2D eigenvalue weighted by atomic mass is 35.5. The Balaban J connectivity index is 1.83. The van der Waals surface area contributed by atoms with Crippen LogP contribution in [0.4, 0.5) is 5.69 Å². The summed E-state index contributed by atoms with van der Waals surface area (Å²) in [7, 11) is 0. The molecule has 0 bridgehead atoms. The Kier molecular flexibility index (Phi) is 3.39. The highest BCUT2D eigenvalue weighted by Crippen LogP contribution is 2.20. The summed E-state index contributed by atoms with van der Waals surface area (Å²) in [5, 5.41) is 6.83. The predicted octanol–water partition coefficient (Wildman–Crippen LogP) is 2.30. The van der Waals surface area contributed by atoms with Crippen LogP contribution in [0.1, 0.15) is 17.1 Å². The predicted molar refractivity (Wildman–Crippen MR) is 81.9 cm³/mol. The van der Waals surface area contributed by atoms with Crippen LogP contribution in [-0.4, -0.2) is 19.6 Å². The minimum Gasteiger partial charge on any atom is -0.378 e. The summed E-state index contributed by atoms with van der Waals surface area (Å²) in [6.07, 6.45) is 0. The average molecular weight is 304 g/mol. The van der Waals surface area contributed by atoms with Crippen molar-refractivity contribution in [3.05, 3.63) is 56.7 Å². The number of benzene rings is 1. The lowest BCUT2D eigenvalue weighted by atomic mass is 10.2. The van der Waals surface area contributed by atoms with Gasteiger partial charge in [0, 0.05) is 22.5 Å². The molecule has 108 valence electrons. The molecule has 3 aromatic rings. The quantitative estimate of drug-likeness (QED) is 0.778. The van der Waals surface area contributed by atoms with Gasteiger partial charge in [0.25, 0.3) is 11.3 Å². The summed E-state index contributed by atoms with van der Waals surface area (Å²) in [5.74, 6) is 1.00. The zero-order valence-electron chi connectivity index (χ0n) is 11.6. The van der Waals surface area contributed by atoms with E-state index in [-0.39, 0.29) is 5.56 Å². The fourth-order valence-corrected chi connectivity index (χ4v) is 2.18. The Morgan fingerprint density at radius 2 is 2.10 bits per heavy atom. The van der Waals surface area contributed by atoms with Crippen molar-refractivity contribution in [3.63, 3.8) is 0 Å². The summed E-state index contributed by atoms with van der Waals surface area (Å²) >= 11 is 6.08. The molecule has 0 fully saturated rings. The van der Waals surface area contributed by atoms with E-state index in [9.17, 15) is 4.79 Å². The molecule has 1 aromatic carbocycles. The number of halogens is 1. The number of nitrogens with one attached hydrogen (secondary N) is 2. The van der Waals surface area contributed by atoms with E-state index in [1.165, 1.54) is 10.6 Å². The fourth-order valence-electron chi connectivity index (χ4n) is 2.00. The molecule has 21 heavy (non-hydrogen) atoms. The molecule has 2 N–H and O–H groups in total. The van der Waals surface area contributed by atoms with Gasteiger partial charge in [0.1, 0.15) is 5.82 Å². The van der Waals surface area contributed by atoms with Gasteiger partial charge in [-0.3, -0.25) is 9.89 Å². The van der Waals surface area contributed by atoms with Crippen LogP contribution in [0.2, 0.25) is 5.02 Å². The topological polar surface area (TPSA) is 75.1 Å². The van der Waals surface area contributed by atoms with E-state index in [2.05, 4.69) is 20.4 Å². The van der Waals surface area contributed by atoms with Gasteiger partial charge in [-0.05, 0) is 31.5 Å². The van der Waals surface area contributed by atoms with Crippen LogP contribution in [0.25, 0.3) is 5.78 Å². The smallest absolute Gasteiger partial charge is 0.274 e. The van der Waals surface area contributed by atoms with Gasteiger partial charge in [-0.15, -0.1) is 0 Å². The third kappa shape index (κ3) is 2.75. The minimum atomic E-state index is -0.172. The first kappa shape index (κ1) is 13.6. The molecule has 0 aliphatic heterocycles. The van der Waals surface area contributed by atoms with Gasteiger partial charge in [-0.25, -0.2) is 4.98 Å². The van der Waals surface area contributed by atoms with Crippen molar-refractivity contribution in [1.82, 2.24) is 19.6 Å². The molecule has 0 unspecified atom stereocenters. The molecule has 0 radical (unpaired) electrons. The number of hydrogen-bond donors (Lipinski definition) is 2. The lowest BCUT2D eigenvalue weighted by Gasteiger charge is -2.05. The highest BCUT2D eigenvalue weighted by Gasteiger charge is 2.06. The van der Waals surface area contributed by atoms with Crippen LogP contribution >= 0.6 is 11.6 Å². The standard InChI is InChI=1S/C14H14ClN5O/c1-8-3-4-10(6-11(8)15)16-7-12-18-14-17-9(2)5-13(21)20(14)19-12/h3-6,16H,7H2,1-2H3,(H,17,18,19). The summed E-state index contributed by atoms with van der Waals surface area (Å²) in [6.45, 7) is 4.16. The maximum atomic E-state index is 11.8. The van der Waals surface area contributed by atoms with Crippen molar-refractivity contribution in [2.45, 2.75) is 20.4 Å². The number of aromatic amines is 1. The molecule has 3 rings (SSSR count). The third-order valence-corrected chi connectivity index (χ3v) is 3.54. The molecule has 0 saturated heterocycles. The normalized spacial score (nSPS) is 11.0. The lowest BCUT2D eigenvalue weighted by molar-refractivity contribution is 0.852. The Hall–Kier alpha value is -2.34. The van der Waals surface area contributed by atoms with Gasteiger partial charge >= 0.3 is 0 Å². The molecule has 2 heterocycles. The summed E-state index contributed by atoms with van der Waals surface area (Å²) < 4.78 is 1.33. The summed E-state index contributed by atoms with van der Waals surface area (Å²) in [5.41, 5.74) is 2.39. The van der Waals surface area contributed by atoms with E-state index in [4.69, 9.17) is 11.6 Å². The van der Waals surface area contributed by atoms with E-state index in [0.717, 1.165) is 11.3 Å². The summed E-state index contributed by atoms with van der Waals surface area (Å²) in [6, 6.07) is 7.20. The van der Waals surface area contributed by atoms with Crippen LogP contribution in [0.3, 0.4) is 0 Å². The zero-order valence-corrected chi connectivity index (χ0v) is 12.4. The molecular formula is C14H14ClN5O. The molecular weight excluding hydrogens is 290 g/mol. The van der Waals surface area contributed by atoms with Crippen molar-refractivity contribution in [1.29, 1.82) is 0 Å². The monoisotopic (exact) mass is 303 g/mol. The second kappa shape index (κ2) is 5.21. The van der Waals surface area contributed by atoms with E-state index in [0.29, 0.717) is 28.9 Å². The number of anilines is 1. The average Bonchev–Trinajstić information content (AvgIpc) is 2.83. The zero-order chi connectivity index (χ0) is 15.0. The van der Waals surface area contributed by atoms with Gasteiger partial charge in [0.05, 0.1) is 6.54 Å². The second-order valence-corrected chi connectivity index (χ2v) is 5.27. The first-order chi connectivity index (χ1) is 10.0. The maximum absolute atomic E-state index is 11.8. The van der Waals surface area contributed by atoms with Crippen molar-refractivity contribution in [2.24, 2.45) is 0 Å². The Bertz CT molecular complexity index is 867. The van der Waals surface area contributed by atoms with Crippen molar-refractivity contribution in [3.8, 4) is 0 Å². The number of aromatic nitrogens is 4. The van der Waals surface area contributed by atoms with Crippen LogP contribution in [0.15, 0.2) is 29.1 Å².